The van der Waals surface area contributed by atoms with Crippen molar-refractivity contribution in [3.8, 4) is 22.5 Å². The Morgan fingerprint density at radius 2 is 1.31 bits per heavy atom. The Labute approximate surface area is 325 Å². The fourth-order valence-electron chi connectivity index (χ4n) is 14.5. The van der Waals surface area contributed by atoms with Gasteiger partial charge in [0.2, 0.25) is 0 Å². The second-order valence-corrected chi connectivity index (χ2v) is 20.4. The Bertz CT molecular complexity index is 2290. The maximum atomic E-state index is 6.98. The molecule has 0 aliphatic heterocycles. The second kappa shape index (κ2) is 12.3. The number of aryl methyl sites for hydroxylation is 3. The Morgan fingerprint density at radius 3 is 1.94 bits per heavy atom. The molecule has 1 nitrogen and oxygen atoms in total. The quantitative estimate of drug-likeness (QED) is 0.176. The van der Waals surface area contributed by atoms with Crippen LogP contribution in [0.3, 0.4) is 0 Å². The summed E-state index contributed by atoms with van der Waals surface area (Å²) in [7, 11) is 0. The molecule has 0 amide bonds. The lowest BCUT2D eigenvalue weighted by Gasteiger charge is -2.68. The molecule has 3 saturated carbocycles. The summed E-state index contributed by atoms with van der Waals surface area (Å²) >= 11 is 0. The molecule has 1 spiro atoms. The number of fused-ring (bicyclic) bond motifs is 13. The van der Waals surface area contributed by atoms with Gasteiger partial charge in [0, 0.05) is 27.3 Å². The summed E-state index contributed by atoms with van der Waals surface area (Å²) in [6, 6.07) is 20.0. The van der Waals surface area contributed by atoms with Gasteiger partial charge in [-0.25, -0.2) is 0 Å². The van der Waals surface area contributed by atoms with Crippen molar-refractivity contribution in [1.29, 1.82) is 0 Å². The zero-order chi connectivity index (χ0) is 37.4. The van der Waals surface area contributed by atoms with E-state index in [0.29, 0.717) is 23.7 Å². The fraction of sp³-hybridized carbons (Fsp3) is 0.547. The molecule has 1 heteroatoms. The summed E-state index contributed by atoms with van der Waals surface area (Å²) in [5, 5.41) is 4.43. The maximum absolute atomic E-state index is 6.98. The van der Waals surface area contributed by atoms with Crippen LogP contribution in [0.2, 0.25) is 0 Å². The molecule has 0 radical (unpaired) electrons. The van der Waals surface area contributed by atoms with Crippen molar-refractivity contribution in [1.82, 2.24) is 0 Å². The van der Waals surface area contributed by atoms with Crippen molar-refractivity contribution < 1.29 is 4.42 Å². The van der Waals surface area contributed by atoms with E-state index in [4.69, 9.17) is 4.42 Å². The van der Waals surface area contributed by atoms with Crippen molar-refractivity contribution in [2.75, 3.05) is 0 Å². The van der Waals surface area contributed by atoms with Gasteiger partial charge in [0.25, 0.3) is 0 Å². The average molecular weight is 717 g/mol. The Balaban J connectivity index is 1.31. The van der Waals surface area contributed by atoms with Crippen molar-refractivity contribution in [2.45, 2.75) is 144 Å². The van der Waals surface area contributed by atoms with Gasteiger partial charge in [-0.15, -0.1) is 0 Å². The molecule has 5 aliphatic rings. The van der Waals surface area contributed by atoms with Crippen LogP contribution in [-0.4, -0.2) is 0 Å². The number of rotatable bonds is 5. The maximum Gasteiger partial charge on any atom is 0.139 e. The van der Waals surface area contributed by atoms with Gasteiger partial charge in [-0.05, 0) is 136 Å². The number of benzene rings is 4. The first-order valence-electron chi connectivity index (χ1n) is 22.2. The molecule has 1 aromatic heterocycles. The monoisotopic (exact) mass is 716 g/mol. The molecule has 54 heavy (non-hydrogen) atoms. The lowest BCUT2D eigenvalue weighted by Crippen LogP contribution is -2.66. The van der Waals surface area contributed by atoms with Crippen LogP contribution < -0.4 is 0 Å². The molecule has 1 heterocycles. The molecule has 4 aromatic carbocycles. The summed E-state index contributed by atoms with van der Waals surface area (Å²) in [5.41, 5.74) is 17.6. The second-order valence-electron chi connectivity index (χ2n) is 20.4. The topological polar surface area (TPSA) is 13.1 Å². The van der Waals surface area contributed by atoms with E-state index < -0.39 is 0 Å². The predicted octanol–water partition coefficient (Wildman–Crippen LogP) is 15.0. The number of hydrogen-bond acceptors (Lipinski definition) is 1. The van der Waals surface area contributed by atoms with Gasteiger partial charge in [0.05, 0.1) is 0 Å². The van der Waals surface area contributed by atoms with Crippen molar-refractivity contribution in [3.05, 3.63) is 93.0 Å². The summed E-state index contributed by atoms with van der Waals surface area (Å²) in [4.78, 5) is 0. The third-order valence-electron chi connectivity index (χ3n) is 16.0. The average Bonchev–Trinajstić information content (AvgIpc) is 3.72. The van der Waals surface area contributed by atoms with Crippen molar-refractivity contribution in [2.24, 2.45) is 41.4 Å². The highest BCUT2D eigenvalue weighted by molar-refractivity contribution is 6.05. The first kappa shape index (κ1) is 35.1. The molecule has 5 aliphatic carbocycles. The minimum Gasteiger partial charge on any atom is -0.456 e. The molecule has 3 fully saturated rings. The zero-order valence-corrected chi connectivity index (χ0v) is 34.8. The van der Waals surface area contributed by atoms with E-state index in [-0.39, 0.29) is 10.8 Å². The van der Waals surface area contributed by atoms with Crippen LogP contribution in [0, 0.1) is 62.2 Å². The predicted molar refractivity (Wildman–Crippen MR) is 229 cm³/mol. The fourth-order valence-corrected chi connectivity index (χ4v) is 14.5. The van der Waals surface area contributed by atoms with Gasteiger partial charge in [-0.2, -0.15) is 0 Å². The molecule has 0 bridgehead atoms. The minimum absolute atomic E-state index is 0.0527. The van der Waals surface area contributed by atoms with Crippen LogP contribution in [0.5, 0.6) is 0 Å². The van der Waals surface area contributed by atoms with Gasteiger partial charge < -0.3 is 4.42 Å². The van der Waals surface area contributed by atoms with Gasteiger partial charge in [0.1, 0.15) is 11.3 Å². The SMILES string of the molecule is Cc1cc(C)c2c(C)cc3c(c2c1)C1(c2ccc4c(c2-3)C(C)(C)c2c-4oc3ccc(CC(C)C)cc23)C(C2CCCCC2)C(C(C)C)C1C1CCCCC1. The standard InChI is InChI=1S/C53H64O/c1-29(2)24-34-20-23-42-38(28-34)50-51(54-42)37-21-22-41-45(49(37)52(50,8)9)40-27-33(7)44-32(6)25-31(5)26-39(44)48(40)53(41)46(35-16-12-10-13-17-35)43(30(3)4)47(53)36-18-14-11-15-19-36/h20-23,25-30,35-36,43,46-47H,10-19,24H2,1-9H3. The highest BCUT2D eigenvalue weighted by Crippen LogP contribution is 2.76. The van der Waals surface area contributed by atoms with Gasteiger partial charge in [0.15, 0.2) is 0 Å². The van der Waals surface area contributed by atoms with E-state index in [9.17, 15) is 0 Å². The smallest absolute Gasteiger partial charge is 0.139 e. The lowest BCUT2D eigenvalue weighted by molar-refractivity contribution is -0.130. The van der Waals surface area contributed by atoms with E-state index >= 15 is 0 Å². The van der Waals surface area contributed by atoms with Gasteiger partial charge >= 0.3 is 0 Å². The lowest BCUT2D eigenvalue weighted by atomic mass is 9.35. The van der Waals surface area contributed by atoms with Crippen LogP contribution in [0.15, 0.2) is 52.9 Å². The molecular formula is C53H64O. The summed E-state index contributed by atoms with van der Waals surface area (Å²) in [6.07, 6.45) is 15.2. The molecule has 5 aromatic rings. The first-order chi connectivity index (χ1) is 25.9. The van der Waals surface area contributed by atoms with Crippen LogP contribution in [0.1, 0.15) is 150 Å². The Morgan fingerprint density at radius 1 is 0.667 bits per heavy atom. The van der Waals surface area contributed by atoms with E-state index in [2.05, 4.69) is 111 Å². The first-order valence-corrected chi connectivity index (χ1v) is 22.2. The number of hydrogen-bond donors (Lipinski definition) is 0. The zero-order valence-electron chi connectivity index (χ0n) is 34.8. The molecule has 282 valence electrons. The van der Waals surface area contributed by atoms with Gasteiger partial charge in [-0.3, -0.25) is 0 Å². The minimum atomic E-state index is -0.173. The van der Waals surface area contributed by atoms with Crippen LogP contribution in [0.25, 0.3) is 44.2 Å². The van der Waals surface area contributed by atoms with E-state index in [1.54, 1.807) is 33.2 Å². The van der Waals surface area contributed by atoms with E-state index in [1.807, 2.05) is 0 Å². The van der Waals surface area contributed by atoms with Crippen LogP contribution in [0.4, 0.5) is 0 Å². The summed E-state index contributed by atoms with van der Waals surface area (Å²) < 4.78 is 6.98. The molecule has 10 rings (SSSR count). The van der Waals surface area contributed by atoms with Crippen LogP contribution >= 0.6 is 0 Å². The highest BCUT2D eigenvalue weighted by atomic mass is 16.3. The highest BCUT2D eigenvalue weighted by Gasteiger charge is 2.70. The van der Waals surface area contributed by atoms with E-state index in [0.717, 1.165) is 35.5 Å². The van der Waals surface area contributed by atoms with E-state index in [1.165, 1.54) is 108 Å². The molecular weight excluding hydrogens is 653 g/mol. The molecule has 0 saturated heterocycles. The Kier molecular flexibility index (Phi) is 8.02. The normalized spacial score (nSPS) is 26.2. The van der Waals surface area contributed by atoms with Crippen molar-refractivity contribution >= 4 is 21.7 Å². The third kappa shape index (κ3) is 4.63. The number of furan rings is 1. The molecule has 0 N–H and O–H groups in total. The van der Waals surface area contributed by atoms with Gasteiger partial charge in [-0.1, -0.05) is 148 Å². The summed E-state index contributed by atoms with van der Waals surface area (Å²) in [6.45, 7) is 22.1. The van der Waals surface area contributed by atoms with Crippen LogP contribution in [-0.2, 0) is 17.3 Å². The molecule has 2 atom stereocenters. The Hall–Kier alpha value is -3.32. The molecule has 2 unspecified atom stereocenters. The van der Waals surface area contributed by atoms with Crippen molar-refractivity contribution in [3.63, 3.8) is 0 Å². The largest absolute Gasteiger partial charge is 0.456 e. The third-order valence-corrected chi connectivity index (χ3v) is 16.0. The summed E-state index contributed by atoms with van der Waals surface area (Å²) in [5.74, 6) is 6.20.